The predicted octanol–water partition coefficient (Wildman–Crippen LogP) is 2.52. The number of carbonyl (C=O) groups excluding carboxylic acids is 1. The quantitative estimate of drug-likeness (QED) is 0.925. The number of pyridine rings is 1. The summed E-state index contributed by atoms with van der Waals surface area (Å²) in [6.07, 6.45) is 1.74. The molecule has 25 heavy (non-hydrogen) atoms. The van der Waals surface area contributed by atoms with Crippen LogP contribution in [-0.4, -0.2) is 39.0 Å². The molecule has 1 amide bonds. The zero-order chi connectivity index (χ0) is 18.0. The van der Waals surface area contributed by atoms with Gasteiger partial charge in [0.1, 0.15) is 6.04 Å². The van der Waals surface area contributed by atoms with E-state index in [1.165, 1.54) is 11.1 Å². The van der Waals surface area contributed by atoms with Gasteiger partial charge in [0.25, 0.3) is 5.91 Å². The van der Waals surface area contributed by atoms with E-state index in [1.807, 2.05) is 38.1 Å². The van der Waals surface area contributed by atoms with Gasteiger partial charge in [0.2, 0.25) is 5.88 Å². The van der Waals surface area contributed by atoms with Gasteiger partial charge in [-0.05, 0) is 31.0 Å². The molecule has 2 aromatic rings. The van der Waals surface area contributed by atoms with E-state index in [-0.39, 0.29) is 18.6 Å². The summed E-state index contributed by atoms with van der Waals surface area (Å²) in [6, 6.07) is 9.86. The first-order valence-electron chi connectivity index (χ1n) is 8.19. The van der Waals surface area contributed by atoms with Crippen LogP contribution in [0, 0.1) is 0 Å². The van der Waals surface area contributed by atoms with Gasteiger partial charge in [0.05, 0.1) is 6.10 Å². The van der Waals surface area contributed by atoms with Crippen LogP contribution in [0.15, 0.2) is 42.6 Å². The van der Waals surface area contributed by atoms with Crippen molar-refractivity contribution in [1.29, 1.82) is 0 Å². The zero-order valence-electron chi connectivity index (χ0n) is 14.2. The number of aliphatic carboxylic acids is 1. The summed E-state index contributed by atoms with van der Waals surface area (Å²) in [7, 11) is 0. The van der Waals surface area contributed by atoms with E-state index >= 15 is 0 Å². The fraction of sp³-hybridized carbons (Fsp3) is 0.316. The number of carboxylic acids is 1. The van der Waals surface area contributed by atoms with Crippen LogP contribution in [0.1, 0.15) is 35.3 Å². The van der Waals surface area contributed by atoms with E-state index in [4.69, 9.17) is 4.74 Å². The van der Waals surface area contributed by atoms with Gasteiger partial charge >= 0.3 is 5.97 Å². The average Bonchev–Trinajstić information content (AvgIpc) is 2.59. The van der Waals surface area contributed by atoms with Crippen LogP contribution in [0.4, 0.5) is 0 Å². The van der Waals surface area contributed by atoms with Crippen LogP contribution < -0.4 is 4.74 Å². The van der Waals surface area contributed by atoms with Crippen LogP contribution in [0.2, 0.25) is 0 Å². The summed E-state index contributed by atoms with van der Waals surface area (Å²) in [5.41, 5.74) is 2.31. The van der Waals surface area contributed by atoms with Crippen molar-refractivity contribution in [2.24, 2.45) is 0 Å². The first-order valence-corrected chi connectivity index (χ1v) is 8.19. The van der Waals surface area contributed by atoms with Crippen molar-refractivity contribution in [1.82, 2.24) is 9.88 Å². The summed E-state index contributed by atoms with van der Waals surface area (Å²) in [4.78, 5) is 30.1. The molecule has 1 aliphatic heterocycles. The lowest BCUT2D eigenvalue weighted by molar-refractivity contribution is -0.142. The number of aromatic nitrogens is 1. The Morgan fingerprint density at radius 2 is 1.96 bits per heavy atom. The first kappa shape index (κ1) is 17.0. The number of hydrogen-bond donors (Lipinski definition) is 1. The molecule has 0 saturated heterocycles. The molecule has 1 aromatic carbocycles. The molecule has 130 valence electrons. The third-order valence-electron chi connectivity index (χ3n) is 4.13. The number of carboxylic acid groups (broad SMARTS) is 1. The molecule has 0 spiro atoms. The van der Waals surface area contributed by atoms with Crippen molar-refractivity contribution >= 4 is 11.9 Å². The van der Waals surface area contributed by atoms with Gasteiger partial charge in [0.15, 0.2) is 0 Å². The van der Waals surface area contributed by atoms with E-state index in [9.17, 15) is 14.7 Å². The Labute approximate surface area is 146 Å². The minimum absolute atomic E-state index is 0.0634. The maximum atomic E-state index is 12.9. The van der Waals surface area contributed by atoms with Crippen LogP contribution in [0.3, 0.4) is 0 Å². The van der Waals surface area contributed by atoms with E-state index in [0.717, 1.165) is 11.1 Å². The minimum Gasteiger partial charge on any atom is -0.480 e. The van der Waals surface area contributed by atoms with Crippen LogP contribution >= 0.6 is 0 Å². The van der Waals surface area contributed by atoms with E-state index in [0.29, 0.717) is 17.9 Å². The van der Waals surface area contributed by atoms with Crippen molar-refractivity contribution in [3.8, 4) is 5.88 Å². The Morgan fingerprint density at radius 1 is 1.24 bits per heavy atom. The number of fused-ring (bicyclic) bond motifs is 1. The van der Waals surface area contributed by atoms with Crippen LogP contribution in [0.25, 0.3) is 0 Å². The molecule has 3 rings (SSSR count). The van der Waals surface area contributed by atoms with E-state index in [1.54, 1.807) is 12.1 Å². The highest BCUT2D eigenvalue weighted by atomic mass is 16.5. The van der Waals surface area contributed by atoms with Gasteiger partial charge in [-0.3, -0.25) is 4.79 Å². The first-order chi connectivity index (χ1) is 12.0. The Balaban J connectivity index is 1.91. The summed E-state index contributed by atoms with van der Waals surface area (Å²) >= 11 is 0. The molecule has 6 heteroatoms. The number of hydrogen-bond acceptors (Lipinski definition) is 4. The lowest BCUT2D eigenvalue weighted by Gasteiger charge is -2.34. The lowest BCUT2D eigenvalue weighted by atomic mass is 9.93. The fourth-order valence-corrected chi connectivity index (χ4v) is 2.97. The number of benzene rings is 1. The molecule has 0 aliphatic carbocycles. The SMILES string of the molecule is CC(C)Oc1cc(C(=O)N2Cc3ccccc3C[C@H]2C(=O)O)ccn1. The smallest absolute Gasteiger partial charge is 0.326 e. The molecule has 0 radical (unpaired) electrons. The maximum absolute atomic E-state index is 12.9. The van der Waals surface area contributed by atoms with Gasteiger partial charge in [-0.1, -0.05) is 24.3 Å². The van der Waals surface area contributed by atoms with Crippen molar-refractivity contribution in [3.63, 3.8) is 0 Å². The molecule has 1 aromatic heterocycles. The normalized spacial score (nSPS) is 16.4. The molecular formula is C19H20N2O4. The molecule has 0 saturated carbocycles. The van der Waals surface area contributed by atoms with E-state index < -0.39 is 12.0 Å². The fourth-order valence-electron chi connectivity index (χ4n) is 2.97. The van der Waals surface area contributed by atoms with Gasteiger partial charge in [0, 0.05) is 30.8 Å². The second kappa shape index (κ2) is 6.93. The average molecular weight is 340 g/mol. The summed E-state index contributed by atoms with van der Waals surface area (Å²) in [6.45, 7) is 4.02. The second-order valence-corrected chi connectivity index (χ2v) is 6.31. The molecular weight excluding hydrogens is 320 g/mol. The Kier molecular flexibility index (Phi) is 4.70. The Bertz CT molecular complexity index is 804. The summed E-state index contributed by atoms with van der Waals surface area (Å²) in [5.74, 6) is -0.987. The zero-order valence-corrected chi connectivity index (χ0v) is 14.2. The van der Waals surface area contributed by atoms with Crippen molar-refractivity contribution in [2.45, 2.75) is 39.0 Å². The molecule has 1 aliphatic rings. The molecule has 6 nitrogen and oxygen atoms in total. The standard InChI is InChI=1S/C19H20N2O4/c1-12(2)25-17-10-14(7-8-20-17)18(22)21-11-15-6-4-3-5-13(15)9-16(21)19(23)24/h3-8,10,12,16H,9,11H2,1-2H3,(H,23,24)/t16-/m0/s1. The number of rotatable bonds is 4. The Morgan fingerprint density at radius 3 is 2.64 bits per heavy atom. The molecule has 0 fully saturated rings. The maximum Gasteiger partial charge on any atom is 0.326 e. The van der Waals surface area contributed by atoms with E-state index in [2.05, 4.69) is 4.98 Å². The van der Waals surface area contributed by atoms with Gasteiger partial charge < -0.3 is 14.7 Å². The second-order valence-electron chi connectivity index (χ2n) is 6.31. The highest BCUT2D eigenvalue weighted by Crippen LogP contribution is 2.25. The van der Waals surface area contributed by atoms with Gasteiger partial charge in [-0.2, -0.15) is 0 Å². The molecule has 1 atom stereocenters. The van der Waals surface area contributed by atoms with Crippen molar-refractivity contribution < 1.29 is 19.4 Å². The topological polar surface area (TPSA) is 79.7 Å². The third kappa shape index (κ3) is 3.63. The molecule has 0 unspecified atom stereocenters. The minimum atomic E-state index is -1.00. The molecule has 1 N–H and O–H groups in total. The Hall–Kier alpha value is -2.89. The number of carbonyl (C=O) groups is 2. The third-order valence-corrected chi connectivity index (χ3v) is 4.13. The monoisotopic (exact) mass is 340 g/mol. The van der Waals surface area contributed by atoms with Crippen molar-refractivity contribution in [3.05, 3.63) is 59.3 Å². The number of nitrogens with zero attached hydrogens (tertiary/aromatic N) is 2. The molecule has 2 heterocycles. The molecule has 0 bridgehead atoms. The largest absolute Gasteiger partial charge is 0.480 e. The lowest BCUT2D eigenvalue weighted by Crippen LogP contribution is -2.48. The summed E-state index contributed by atoms with van der Waals surface area (Å²) in [5, 5.41) is 9.57. The predicted molar refractivity (Wildman–Crippen MR) is 91.4 cm³/mol. The number of amides is 1. The van der Waals surface area contributed by atoms with Crippen LogP contribution in [0.5, 0.6) is 5.88 Å². The summed E-state index contributed by atoms with van der Waals surface area (Å²) < 4.78 is 5.52. The number of ether oxygens (including phenoxy) is 1. The van der Waals surface area contributed by atoms with Crippen molar-refractivity contribution in [2.75, 3.05) is 0 Å². The van der Waals surface area contributed by atoms with Gasteiger partial charge in [-0.25, -0.2) is 9.78 Å². The highest BCUT2D eigenvalue weighted by Gasteiger charge is 2.35. The van der Waals surface area contributed by atoms with Gasteiger partial charge in [-0.15, -0.1) is 0 Å². The van der Waals surface area contributed by atoms with Crippen LogP contribution in [-0.2, 0) is 17.8 Å². The highest BCUT2D eigenvalue weighted by molar-refractivity contribution is 5.97.